The van der Waals surface area contributed by atoms with Gasteiger partial charge in [0.05, 0.1) is 0 Å². The molecule has 0 saturated carbocycles. The van der Waals surface area contributed by atoms with E-state index in [2.05, 4.69) is 42.2 Å². The minimum atomic E-state index is -0.278. The molecule has 0 radical (unpaired) electrons. The number of nitrogens with two attached hydrogens (primary N) is 1. The van der Waals surface area contributed by atoms with Gasteiger partial charge in [-0.3, -0.25) is 4.90 Å². The van der Waals surface area contributed by atoms with Gasteiger partial charge in [0.15, 0.2) is 0 Å². The van der Waals surface area contributed by atoms with Crippen LogP contribution in [0.1, 0.15) is 115 Å². The Morgan fingerprint density at radius 1 is 0.806 bits per heavy atom. The maximum atomic E-state index is 10.7. The van der Waals surface area contributed by atoms with Crippen LogP contribution in [0.25, 0.3) is 0 Å². The van der Waals surface area contributed by atoms with Gasteiger partial charge in [-0.1, -0.05) is 114 Å². The predicted octanol–water partition coefficient (Wildman–Crippen LogP) is 6.78. The molecule has 3 N–H and O–H groups in total. The fourth-order valence-corrected chi connectivity index (χ4v) is 5.18. The van der Waals surface area contributed by atoms with Crippen molar-refractivity contribution in [3.63, 3.8) is 0 Å². The first kappa shape index (κ1) is 26.4. The monoisotopic (exact) mass is 430 g/mol. The standard InChI is InChI=1S/C28H50N2O/c1-2-3-4-5-6-7-8-9-10-11-12-13-17-20-27(31)30-23-21-28(25-29,22-24-30)26-18-15-14-16-19-26/h14-16,18-19,27,31H,2-13,17,20-25,29H2,1H3. The summed E-state index contributed by atoms with van der Waals surface area (Å²) in [6.07, 6.45) is 20.6. The third kappa shape index (κ3) is 9.63. The lowest BCUT2D eigenvalue weighted by Crippen LogP contribution is -2.49. The number of nitrogens with zero attached hydrogens (tertiary/aromatic N) is 1. The third-order valence-electron chi connectivity index (χ3n) is 7.52. The lowest BCUT2D eigenvalue weighted by Gasteiger charge is -2.43. The van der Waals surface area contributed by atoms with Crippen molar-refractivity contribution in [3.05, 3.63) is 35.9 Å². The van der Waals surface area contributed by atoms with Crippen LogP contribution in [0, 0.1) is 0 Å². The van der Waals surface area contributed by atoms with Gasteiger partial charge in [-0.25, -0.2) is 0 Å². The Morgan fingerprint density at radius 2 is 1.29 bits per heavy atom. The van der Waals surface area contributed by atoms with E-state index in [0.29, 0.717) is 6.54 Å². The topological polar surface area (TPSA) is 49.5 Å². The van der Waals surface area contributed by atoms with E-state index in [1.807, 2.05) is 0 Å². The summed E-state index contributed by atoms with van der Waals surface area (Å²) in [5.74, 6) is 0. The summed E-state index contributed by atoms with van der Waals surface area (Å²) in [4.78, 5) is 2.28. The summed E-state index contributed by atoms with van der Waals surface area (Å²) in [7, 11) is 0. The van der Waals surface area contributed by atoms with Crippen LogP contribution in [0.15, 0.2) is 30.3 Å². The molecule has 1 aliphatic heterocycles. The normalized spacial score (nSPS) is 17.6. The molecule has 0 amide bonds. The van der Waals surface area contributed by atoms with Crippen LogP contribution in [0.5, 0.6) is 0 Å². The van der Waals surface area contributed by atoms with E-state index in [0.717, 1.165) is 38.8 Å². The molecule has 2 rings (SSSR count). The second-order valence-corrected chi connectivity index (χ2v) is 9.90. The summed E-state index contributed by atoms with van der Waals surface area (Å²) in [5.41, 5.74) is 7.65. The molecule has 0 aliphatic carbocycles. The van der Waals surface area contributed by atoms with Crippen molar-refractivity contribution < 1.29 is 5.11 Å². The highest BCUT2D eigenvalue weighted by molar-refractivity contribution is 5.26. The number of hydrogen-bond donors (Lipinski definition) is 2. The van der Waals surface area contributed by atoms with Crippen LogP contribution >= 0.6 is 0 Å². The first-order chi connectivity index (χ1) is 15.2. The van der Waals surface area contributed by atoms with E-state index in [1.165, 1.54) is 82.6 Å². The van der Waals surface area contributed by atoms with Crippen molar-refractivity contribution in [1.82, 2.24) is 4.90 Å². The number of unbranched alkanes of at least 4 members (excludes halogenated alkanes) is 12. The Balaban J connectivity index is 1.48. The van der Waals surface area contributed by atoms with E-state index in [9.17, 15) is 5.11 Å². The van der Waals surface area contributed by atoms with Crippen LogP contribution < -0.4 is 5.73 Å². The summed E-state index contributed by atoms with van der Waals surface area (Å²) >= 11 is 0. The molecule has 31 heavy (non-hydrogen) atoms. The van der Waals surface area contributed by atoms with Crippen LogP contribution in [0.4, 0.5) is 0 Å². The number of rotatable bonds is 17. The van der Waals surface area contributed by atoms with Gasteiger partial charge >= 0.3 is 0 Å². The highest BCUT2D eigenvalue weighted by Gasteiger charge is 2.36. The fourth-order valence-electron chi connectivity index (χ4n) is 5.18. The molecule has 1 fully saturated rings. The molecule has 178 valence electrons. The Kier molecular flexibility index (Phi) is 13.5. The molecule has 1 saturated heterocycles. The van der Waals surface area contributed by atoms with Gasteiger partial charge in [-0.15, -0.1) is 0 Å². The number of hydrogen-bond acceptors (Lipinski definition) is 3. The van der Waals surface area contributed by atoms with E-state index >= 15 is 0 Å². The highest BCUT2D eigenvalue weighted by Crippen LogP contribution is 2.35. The molecule has 1 unspecified atom stereocenters. The Morgan fingerprint density at radius 3 is 1.77 bits per heavy atom. The third-order valence-corrected chi connectivity index (χ3v) is 7.52. The van der Waals surface area contributed by atoms with Crippen molar-refractivity contribution in [2.75, 3.05) is 19.6 Å². The number of benzene rings is 1. The molecule has 0 spiro atoms. The maximum Gasteiger partial charge on any atom is 0.107 e. The van der Waals surface area contributed by atoms with Gasteiger partial charge in [0.2, 0.25) is 0 Å². The minimum absolute atomic E-state index is 0.0903. The summed E-state index contributed by atoms with van der Waals surface area (Å²) in [5, 5.41) is 10.7. The predicted molar refractivity (Wildman–Crippen MR) is 134 cm³/mol. The van der Waals surface area contributed by atoms with Crippen LogP contribution in [0.2, 0.25) is 0 Å². The SMILES string of the molecule is CCCCCCCCCCCCCCCC(O)N1CCC(CN)(c2ccccc2)CC1. The van der Waals surface area contributed by atoms with Gasteiger partial charge in [0.25, 0.3) is 0 Å². The lowest BCUT2D eigenvalue weighted by atomic mass is 9.73. The molecule has 1 aromatic rings. The van der Waals surface area contributed by atoms with Crippen LogP contribution in [-0.2, 0) is 5.41 Å². The summed E-state index contributed by atoms with van der Waals surface area (Å²) in [6, 6.07) is 10.7. The zero-order valence-corrected chi connectivity index (χ0v) is 20.4. The molecule has 0 bridgehead atoms. The number of piperidine rings is 1. The molecule has 1 aliphatic rings. The van der Waals surface area contributed by atoms with Gasteiger partial charge in [0, 0.05) is 25.0 Å². The second kappa shape index (κ2) is 15.8. The van der Waals surface area contributed by atoms with Gasteiger partial charge < -0.3 is 10.8 Å². The average molecular weight is 431 g/mol. The molecule has 0 aromatic heterocycles. The lowest BCUT2D eigenvalue weighted by molar-refractivity contribution is -0.0272. The molecule has 1 atom stereocenters. The molecular weight excluding hydrogens is 380 g/mol. The second-order valence-electron chi connectivity index (χ2n) is 9.90. The van der Waals surface area contributed by atoms with Crippen LogP contribution in [0.3, 0.4) is 0 Å². The zero-order valence-electron chi connectivity index (χ0n) is 20.4. The van der Waals surface area contributed by atoms with Gasteiger partial charge in [-0.2, -0.15) is 0 Å². The van der Waals surface area contributed by atoms with Gasteiger partial charge in [0.1, 0.15) is 6.23 Å². The fraction of sp³-hybridized carbons (Fsp3) is 0.786. The average Bonchev–Trinajstić information content (AvgIpc) is 2.82. The number of likely N-dealkylation sites (tertiary alicyclic amines) is 1. The van der Waals surface area contributed by atoms with E-state index in [1.54, 1.807) is 0 Å². The molecular formula is C28H50N2O. The van der Waals surface area contributed by atoms with Crippen molar-refractivity contribution in [3.8, 4) is 0 Å². The maximum absolute atomic E-state index is 10.7. The Hall–Kier alpha value is -0.900. The van der Waals surface area contributed by atoms with Gasteiger partial charge in [-0.05, 0) is 31.2 Å². The summed E-state index contributed by atoms with van der Waals surface area (Å²) in [6.45, 7) is 4.88. The van der Waals surface area contributed by atoms with E-state index in [4.69, 9.17) is 5.73 Å². The number of aliphatic hydroxyl groups excluding tert-OH is 1. The van der Waals surface area contributed by atoms with Crippen molar-refractivity contribution in [2.24, 2.45) is 5.73 Å². The Bertz CT molecular complexity index is 539. The Labute approximate surface area is 192 Å². The van der Waals surface area contributed by atoms with Crippen molar-refractivity contribution in [1.29, 1.82) is 0 Å². The smallest absolute Gasteiger partial charge is 0.107 e. The first-order valence-corrected chi connectivity index (χ1v) is 13.4. The molecule has 1 aromatic carbocycles. The zero-order chi connectivity index (χ0) is 22.2. The quantitative estimate of drug-likeness (QED) is 0.268. The van der Waals surface area contributed by atoms with E-state index in [-0.39, 0.29) is 11.6 Å². The van der Waals surface area contributed by atoms with Crippen molar-refractivity contribution in [2.45, 2.75) is 121 Å². The molecule has 1 heterocycles. The van der Waals surface area contributed by atoms with E-state index < -0.39 is 0 Å². The van der Waals surface area contributed by atoms with Crippen molar-refractivity contribution >= 4 is 0 Å². The molecule has 3 nitrogen and oxygen atoms in total. The van der Waals surface area contributed by atoms with Crippen LogP contribution in [-0.4, -0.2) is 35.9 Å². The number of aliphatic hydroxyl groups is 1. The largest absolute Gasteiger partial charge is 0.378 e. The first-order valence-electron chi connectivity index (χ1n) is 13.4. The summed E-state index contributed by atoms with van der Waals surface area (Å²) < 4.78 is 0. The highest BCUT2D eigenvalue weighted by atomic mass is 16.3. The minimum Gasteiger partial charge on any atom is -0.378 e. The molecule has 3 heteroatoms.